The van der Waals surface area contributed by atoms with E-state index in [9.17, 15) is 4.79 Å². The van der Waals surface area contributed by atoms with E-state index in [0.29, 0.717) is 0 Å². The van der Waals surface area contributed by atoms with Crippen LogP contribution in [-0.4, -0.2) is 17.4 Å². The van der Waals surface area contributed by atoms with Gasteiger partial charge in [-0.05, 0) is 12.8 Å². The fourth-order valence-corrected chi connectivity index (χ4v) is 1.92. The summed E-state index contributed by atoms with van der Waals surface area (Å²) < 4.78 is 4.64. The van der Waals surface area contributed by atoms with Crippen molar-refractivity contribution in [2.75, 3.05) is 0 Å². The highest BCUT2D eigenvalue weighted by atomic mass is 16.6. The van der Waals surface area contributed by atoms with Crippen molar-refractivity contribution in [3.8, 4) is 0 Å². The molecule has 0 amide bonds. The number of aliphatic hydroxyl groups excluding tert-OH is 1. The smallest absolute Gasteiger partial charge is 0.311 e. The molecule has 1 N–H and O–H groups in total. The molecule has 0 aromatic heterocycles. The maximum absolute atomic E-state index is 10.9. The number of hydrogen-bond donors (Lipinski definition) is 1. The number of rotatable bonds is 0. The molecule has 2 rings (SSSR count). The van der Waals surface area contributed by atoms with Gasteiger partial charge < -0.3 is 9.84 Å². The quantitative estimate of drug-likeness (QED) is 0.494. The minimum atomic E-state index is -0.806. The van der Waals surface area contributed by atoms with Crippen LogP contribution in [0.2, 0.25) is 0 Å². The topological polar surface area (TPSA) is 46.5 Å². The van der Waals surface area contributed by atoms with Crippen LogP contribution in [0.5, 0.6) is 0 Å². The van der Waals surface area contributed by atoms with Crippen molar-refractivity contribution < 1.29 is 14.6 Å². The molecule has 1 saturated heterocycles. The molecule has 0 radical (unpaired) electrons. The second kappa shape index (κ2) is 1.95. The Bertz CT molecular complexity index is 166. The average Bonchev–Trinajstić information content (AvgIpc) is 2.39. The van der Waals surface area contributed by atoms with Crippen LogP contribution in [0.1, 0.15) is 19.3 Å². The highest BCUT2D eigenvalue weighted by molar-refractivity contribution is 5.75. The molecule has 0 aromatic rings. The van der Waals surface area contributed by atoms with Crippen molar-refractivity contribution in [2.24, 2.45) is 11.8 Å². The molecule has 0 aromatic carbocycles. The molecule has 2 aliphatic rings. The van der Waals surface area contributed by atoms with Crippen LogP contribution in [0, 0.1) is 11.8 Å². The molecule has 0 spiro atoms. The molecule has 2 fully saturated rings. The molecule has 1 aliphatic heterocycles. The zero-order valence-corrected chi connectivity index (χ0v) is 5.62. The molecule has 3 heteroatoms. The highest BCUT2D eigenvalue weighted by Crippen LogP contribution is 2.40. The summed E-state index contributed by atoms with van der Waals surface area (Å²) >= 11 is 0. The molecule has 1 heterocycles. The van der Waals surface area contributed by atoms with Crippen LogP contribution in [0.4, 0.5) is 0 Å². The summed E-state index contributed by atoms with van der Waals surface area (Å²) in [5, 5.41) is 9.13. The van der Waals surface area contributed by atoms with Crippen LogP contribution in [0.25, 0.3) is 0 Å². The summed E-state index contributed by atoms with van der Waals surface area (Å²) in [5.41, 5.74) is 0. The van der Waals surface area contributed by atoms with Crippen molar-refractivity contribution in [1.82, 2.24) is 0 Å². The predicted molar refractivity (Wildman–Crippen MR) is 32.9 cm³/mol. The second-order valence-corrected chi connectivity index (χ2v) is 3.03. The molecule has 0 bridgehead atoms. The summed E-state index contributed by atoms with van der Waals surface area (Å²) in [6.45, 7) is 0. The zero-order chi connectivity index (χ0) is 7.14. The third kappa shape index (κ3) is 0.669. The number of fused-ring (bicyclic) bond motifs is 1. The summed E-state index contributed by atoms with van der Waals surface area (Å²) in [4.78, 5) is 10.9. The van der Waals surface area contributed by atoms with Gasteiger partial charge in [0.15, 0.2) is 0 Å². The van der Waals surface area contributed by atoms with Gasteiger partial charge in [0.1, 0.15) is 0 Å². The third-order valence-electron chi connectivity index (χ3n) is 2.48. The molecule has 10 heavy (non-hydrogen) atoms. The lowest BCUT2D eigenvalue weighted by Crippen LogP contribution is -2.14. The Morgan fingerprint density at radius 1 is 1.50 bits per heavy atom. The lowest BCUT2D eigenvalue weighted by molar-refractivity contribution is -0.157. The Kier molecular flexibility index (Phi) is 1.20. The van der Waals surface area contributed by atoms with Gasteiger partial charge in [-0.2, -0.15) is 0 Å². The van der Waals surface area contributed by atoms with Gasteiger partial charge in [0, 0.05) is 5.92 Å². The average molecular weight is 142 g/mol. The molecule has 3 atom stereocenters. The summed E-state index contributed by atoms with van der Waals surface area (Å²) in [5.74, 6) is -0.0856. The SMILES string of the molecule is O=C1OC(O)C2CCCC12. The standard InChI is InChI=1S/C7H10O3/c8-6-4-2-1-3-5(4)7(9)10-6/h4-6,8H,1-3H2. The van der Waals surface area contributed by atoms with Gasteiger partial charge in [-0.1, -0.05) is 6.42 Å². The van der Waals surface area contributed by atoms with Crippen molar-refractivity contribution in [1.29, 1.82) is 0 Å². The number of hydrogen-bond acceptors (Lipinski definition) is 3. The van der Waals surface area contributed by atoms with Gasteiger partial charge in [-0.25, -0.2) is 0 Å². The fraction of sp³-hybridized carbons (Fsp3) is 0.857. The first-order valence-electron chi connectivity index (χ1n) is 3.67. The Morgan fingerprint density at radius 3 is 3.00 bits per heavy atom. The van der Waals surface area contributed by atoms with E-state index in [4.69, 9.17) is 5.11 Å². The Balaban J connectivity index is 2.19. The van der Waals surface area contributed by atoms with Gasteiger partial charge in [0.25, 0.3) is 0 Å². The second-order valence-electron chi connectivity index (χ2n) is 3.03. The molecular formula is C7H10O3. The number of ether oxygens (including phenoxy) is 1. The normalized spacial score (nSPS) is 45.3. The first-order valence-corrected chi connectivity index (χ1v) is 3.67. The molecule has 1 saturated carbocycles. The van der Waals surface area contributed by atoms with Crippen molar-refractivity contribution in [3.63, 3.8) is 0 Å². The lowest BCUT2D eigenvalue weighted by atomic mass is 9.99. The number of esters is 1. The van der Waals surface area contributed by atoms with Crippen molar-refractivity contribution >= 4 is 5.97 Å². The number of aliphatic hydroxyl groups is 1. The van der Waals surface area contributed by atoms with E-state index in [0.717, 1.165) is 19.3 Å². The highest BCUT2D eigenvalue weighted by Gasteiger charge is 2.46. The van der Waals surface area contributed by atoms with Gasteiger partial charge in [0.2, 0.25) is 6.29 Å². The number of carbonyl (C=O) groups excluding carboxylic acids is 1. The van der Waals surface area contributed by atoms with Crippen LogP contribution in [0.15, 0.2) is 0 Å². The van der Waals surface area contributed by atoms with E-state index in [2.05, 4.69) is 4.74 Å². The van der Waals surface area contributed by atoms with E-state index in [1.807, 2.05) is 0 Å². The molecule has 3 unspecified atom stereocenters. The summed E-state index contributed by atoms with van der Waals surface area (Å²) in [6.07, 6.45) is 2.10. The van der Waals surface area contributed by atoms with Gasteiger partial charge >= 0.3 is 5.97 Å². The number of cyclic esters (lactones) is 1. The summed E-state index contributed by atoms with van der Waals surface area (Å²) in [7, 11) is 0. The molecular weight excluding hydrogens is 132 g/mol. The first kappa shape index (κ1) is 6.16. The van der Waals surface area contributed by atoms with Crippen LogP contribution < -0.4 is 0 Å². The lowest BCUT2D eigenvalue weighted by Gasteiger charge is -2.06. The fourth-order valence-electron chi connectivity index (χ4n) is 1.92. The minimum absolute atomic E-state index is 0.00926. The molecule has 1 aliphatic carbocycles. The van der Waals surface area contributed by atoms with E-state index in [-0.39, 0.29) is 17.8 Å². The Hall–Kier alpha value is -0.570. The van der Waals surface area contributed by atoms with E-state index >= 15 is 0 Å². The third-order valence-corrected chi connectivity index (χ3v) is 2.48. The van der Waals surface area contributed by atoms with Crippen molar-refractivity contribution in [2.45, 2.75) is 25.6 Å². The number of carbonyl (C=O) groups is 1. The van der Waals surface area contributed by atoms with E-state index in [1.54, 1.807) is 0 Å². The predicted octanol–water partition coefficient (Wildman–Crippen LogP) is 0.278. The Morgan fingerprint density at radius 2 is 2.30 bits per heavy atom. The van der Waals surface area contributed by atoms with E-state index < -0.39 is 6.29 Å². The molecule has 56 valence electrons. The van der Waals surface area contributed by atoms with Crippen LogP contribution in [0.3, 0.4) is 0 Å². The molecule has 3 nitrogen and oxygen atoms in total. The first-order chi connectivity index (χ1) is 4.79. The maximum atomic E-state index is 10.9. The van der Waals surface area contributed by atoms with Gasteiger partial charge in [-0.15, -0.1) is 0 Å². The zero-order valence-electron chi connectivity index (χ0n) is 5.62. The summed E-state index contributed by atoms with van der Waals surface area (Å²) in [6, 6.07) is 0. The van der Waals surface area contributed by atoms with Crippen LogP contribution >= 0.6 is 0 Å². The van der Waals surface area contributed by atoms with Gasteiger partial charge in [-0.3, -0.25) is 4.79 Å². The monoisotopic (exact) mass is 142 g/mol. The Labute approximate surface area is 59.0 Å². The van der Waals surface area contributed by atoms with Crippen molar-refractivity contribution in [3.05, 3.63) is 0 Å². The maximum Gasteiger partial charge on any atom is 0.311 e. The largest absolute Gasteiger partial charge is 0.435 e. The van der Waals surface area contributed by atoms with Gasteiger partial charge in [0.05, 0.1) is 5.92 Å². The van der Waals surface area contributed by atoms with E-state index in [1.165, 1.54) is 0 Å². The minimum Gasteiger partial charge on any atom is -0.435 e. The van der Waals surface area contributed by atoms with Crippen LogP contribution in [-0.2, 0) is 9.53 Å².